The zero-order chi connectivity index (χ0) is 14.0. The van der Waals surface area contributed by atoms with Gasteiger partial charge in [-0.15, -0.1) is 12.3 Å². The molecule has 0 aliphatic carbocycles. The average Bonchev–Trinajstić information content (AvgIpc) is 2.62. The van der Waals surface area contributed by atoms with Crippen LogP contribution < -0.4 is 4.72 Å². The first-order chi connectivity index (χ1) is 8.17. The van der Waals surface area contributed by atoms with Crippen molar-refractivity contribution in [1.82, 2.24) is 4.72 Å². The monoisotopic (exact) mass is 269 g/mol. The van der Waals surface area contributed by atoms with Crippen LogP contribution in [0.4, 0.5) is 0 Å². The fourth-order valence-electron chi connectivity index (χ4n) is 1.32. The molecule has 4 nitrogen and oxygen atoms in total. The number of aryl methyl sites for hydroxylation is 1. The molecule has 1 N–H and O–H groups in total. The zero-order valence-electron chi connectivity index (χ0n) is 11.1. The van der Waals surface area contributed by atoms with Crippen molar-refractivity contribution < 1.29 is 12.8 Å². The number of nitrogens with one attached hydrogen (secondary N) is 1. The van der Waals surface area contributed by atoms with E-state index in [9.17, 15) is 8.42 Å². The third-order valence-electron chi connectivity index (χ3n) is 2.53. The Bertz CT molecular complexity index is 544. The number of furan rings is 1. The zero-order valence-corrected chi connectivity index (χ0v) is 12.0. The molecular weight excluding hydrogens is 250 g/mol. The van der Waals surface area contributed by atoms with Gasteiger partial charge in [0.15, 0.2) is 0 Å². The molecule has 0 aliphatic heterocycles. The predicted octanol–water partition coefficient (Wildman–Crippen LogP) is 2.37. The third kappa shape index (κ3) is 3.37. The molecule has 1 rings (SSSR count). The van der Waals surface area contributed by atoms with Crippen molar-refractivity contribution in [1.29, 1.82) is 0 Å². The fraction of sp³-hybridized carbons (Fsp3) is 0.538. The van der Waals surface area contributed by atoms with Crippen LogP contribution in [0, 0.1) is 19.3 Å². The van der Waals surface area contributed by atoms with E-state index < -0.39 is 20.8 Å². The van der Waals surface area contributed by atoms with Gasteiger partial charge in [-0.05, 0) is 39.8 Å². The lowest BCUT2D eigenvalue weighted by atomic mass is 10.2. The van der Waals surface area contributed by atoms with E-state index in [4.69, 9.17) is 10.8 Å². The molecule has 0 saturated heterocycles. The first-order valence-corrected chi connectivity index (χ1v) is 7.17. The van der Waals surface area contributed by atoms with Crippen molar-refractivity contribution in [3.05, 3.63) is 23.7 Å². The molecule has 1 aromatic rings. The third-order valence-corrected chi connectivity index (χ3v) is 4.74. The van der Waals surface area contributed by atoms with Gasteiger partial charge in [0.05, 0.1) is 10.8 Å². The van der Waals surface area contributed by atoms with Crippen molar-refractivity contribution in [3.63, 3.8) is 0 Å². The summed E-state index contributed by atoms with van der Waals surface area (Å²) in [6.45, 7) is 6.70. The summed E-state index contributed by atoms with van der Waals surface area (Å²) in [4.78, 5) is 0. The quantitative estimate of drug-likeness (QED) is 0.854. The lowest BCUT2D eigenvalue weighted by Gasteiger charge is -2.23. The van der Waals surface area contributed by atoms with Gasteiger partial charge in [-0.25, -0.2) is 13.1 Å². The van der Waals surface area contributed by atoms with Crippen LogP contribution in [0.1, 0.15) is 44.8 Å². The number of terminal acetylenes is 1. The maximum atomic E-state index is 12.1. The van der Waals surface area contributed by atoms with Crippen LogP contribution in [-0.4, -0.2) is 13.2 Å². The van der Waals surface area contributed by atoms with Crippen molar-refractivity contribution in [2.75, 3.05) is 0 Å². The average molecular weight is 269 g/mol. The Labute approximate surface area is 109 Å². The van der Waals surface area contributed by atoms with Crippen molar-refractivity contribution in [2.24, 2.45) is 0 Å². The van der Waals surface area contributed by atoms with Crippen LogP contribution >= 0.6 is 0 Å². The number of sulfonamides is 1. The van der Waals surface area contributed by atoms with Gasteiger partial charge in [0.25, 0.3) is 0 Å². The molecule has 0 saturated carbocycles. The first kappa shape index (κ1) is 14.8. The standard InChI is InChI=1S/C13H19NO3S/c1-6-7-11(12-9-8-10(2)17-12)14-18(15,16)13(3,4)5/h1,8-9,11,14H,7H2,2-5H3/t11-/m0/s1. The maximum absolute atomic E-state index is 12.1. The van der Waals surface area contributed by atoms with E-state index in [1.807, 2.05) is 0 Å². The molecular formula is C13H19NO3S. The van der Waals surface area contributed by atoms with Crippen LogP contribution in [0.25, 0.3) is 0 Å². The van der Waals surface area contributed by atoms with Crippen LogP contribution in [0.5, 0.6) is 0 Å². The largest absolute Gasteiger partial charge is 0.465 e. The molecule has 0 unspecified atom stereocenters. The van der Waals surface area contributed by atoms with Crippen LogP contribution in [0.2, 0.25) is 0 Å². The number of hydrogen-bond donors (Lipinski definition) is 1. The highest BCUT2D eigenvalue weighted by Gasteiger charge is 2.32. The lowest BCUT2D eigenvalue weighted by molar-refractivity contribution is 0.427. The Balaban J connectivity index is 3.00. The number of hydrogen-bond acceptors (Lipinski definition) is 3. The first-order valence-electron chi connectivity index (χ1n) is 5.69. The molecule has 1 heterocycles. The molecule has 0 aromatic carbocycles. The van der Waals surface area contributed by atoms with E-state index in [2.05, 4.69) is 10.6 Å². The highest BCUT2D eigenvalue weighted by Crippen LogP contribution is 2.23. The molecule has 0 bridgehead atoms. The predicted molar refractivity (Wildman–Crippen MR) is 71.4 cm³/mol. The summed E-state index contributed by atoms with van der Waals surface area (Å²) >= 11 is 0. The van der Waals surface area contributed by atoms with Crippen LogP contribution in [0.15, 0.2) is 16.5 Å². The van der Waals surface area contributed by atoms with E-state index in [0.717, 1.165) is 5.76 Å². The fourth-order valence-corrected chi connectivity index (χ4v) is 2.25. The molecule has 0 fully saturated rings. The Hall–Kier alpha value is -1.25. The molecule has 0 aliphatic rings. The molecule has 1 atom stereocenters. The Morgan fingerprint density at radius 3 is 2.44 bits per heavy atom. The second-order valence-electron chi connectivity index (χ2n) is 5.14. The normalized spacial score (nSPS) is 14.2. The lowest BCUT2D eigenvalue weighted by Crippen LogP contribution is -2.41. The van der Waals surface area contributed by atoms with E-state index in [1.54, 1.807) is 39.8 Å². The van der Waals surface area contributed by atoms with Gasteiger partial charge in [-0.2, -0.15) is 0 Å². The molecule has 0 radical (unpaired) electrons. The van der Waals surface area contributed by atoms with E-state index in [1.165, 1.54) is 0 Å². The SMILES string of the molecule is C#CC[C@H](NS(=O)(=O)C(C)(C)C)c1ccc(C)o1. The maximum Gasteiger partial charge on any atom is 0.217 e. The van der Waals surface area contributed by atoms with Gasteiger partial charge < -0.3 is 4.42 Å². The van der Waals surface area contributed by atoms with Gasteiger partial charge in [-0.1, -0.05) is 0 Å². The summed E-state index contributed by atoms with van der Waals surface area (Å²) in [6, 6.07) is 3.00. The molecule has 100 valence electrons. The molecule has 5 heteroatoms. The van der Waals surface area contributed by atoms with E-state index >= 15 is 0 Å². The second kappa shape index (κ2) is 5.17. The minimum absolute atomic E-state index is 0.252. The van der Waals surface area contributed by atoms with Gasteiger partial charge in [0.1, 0.15) is 11.5 Å². The van der Waals surface area contributed by atoms with Gasteiger partial charge >= 0.3 is 0 Å². The second-order valence-corrected chi connectivity index (χ2v) is 7.61. The highest BCUT2D eigenvalue weighted by molar-refractivity contribution is 7.90. The molecule has 1 aromatic heterocycles. The summed E-state index contributed by atoms with van der Waals surface area (Å²) in [6.07, 6.45) is 5.53. The van der Waals surface area contributed by atoms with Crippen LogP contribution in [-0.2, 0) is 10.0 Å². The molecule has 0 amide bonds. The molecule has 0 spiro atoms. The Morgan fingerprint density at radius 2 is 2.06 bits per heavy atom. The summed E-state index contributed by atoms with van der Waals surface area (Å²) in [5.74, 6) is 3.73. The van der Waals surface area contributed by atoms with E-state index in [-0.39, 0.29) is 6.42 Å². The van der Waals surface area contributed by atoms with Crippen molar-refractivity contribution in [3.8, 4) is 12.3 Å². The molecule has 18 heavy (non-hydrogen) atoms. The number of rotatable bonds is 4. The Kier molecular flexibility index (Phi) is 4.25. The smallest absolute Gasteiger partial charge is 0.217 e. The minimum Gasteiger partial charge on any atom is -0.465 e. The van der Waals surface area contributed by atoms with Gasteiger partial charge in [-0.3, -0.25) is 0 Å². The summed E-state index contributed by atoms with van der Waals surface area (Å²) in [5, 5.41) is 0. The van der Waals surface area contributed by atoms with E-state index in [0.29, 0.717) is 5.76 Å². The van der Waals surface area contributed by atoms with Gasteiger partial charge in [0.2, 0.25) is 10.0 Å². The highest BCUT2D eigenvalue weighted by atomic mass is 32.2. The summed E-state index contributed by atoms with van der Waals surface area (Å²) < 4.78 is 31.3. The Morgan fingerprint density at radius 1 is 1.44 bits per heavy atom. The van der Waals surface area contributed by atoms with Gasteiger partial charge in [0, 0.05) is 6.42 Å². The van der Waals surface area contributed by atoms with Crippen molar-refractivity contribution in [2.45, 2.75) is 44.9 Å². The summed E-state index contributed by atoms with van der Waals surface area (Å²) in [7, 11) is -3.46. The van der Waals surface area contributed by atoms with Crippen LogP contribution in [0.3, 0.4) is 0 Å². The van der Waals surface area contributed by atoms with Crippen molar-refractivity contribution >= 4 is 10.0 Å². The topological polar surface area (TPSA) is 59.3 Å². The summed E-state index contributed by atoms with van der Waals surface area (Å²) in [5.41, 5.74) is 0. The minimum atomic E-state index is -3.46.